The summed E-state index contributed by atoms with van der Waals surface area (Å²) in [5.74, 6) is -1.17. The quantitative estimate of drug-likeness (QED) is 0.340. The molecule has 0 aliphatic heterocycles. The lowest BCUT2D eigenvalue weighted by Crippen LogP contribution is -2.55. The Morgan fingerprint density at radius 3 is 2.21 bits per heavy atom. The van der Waals surface area contributed by atoms with Crippen LogP contribution < -0.4 is 5.73 Å². The van der Waals surface area contributed by atoms with Crippen molar-refractivity contribution < 1.29 is 18.6 Å². The fourth-order valence-electron chi connectivity index (χ4n) is 1.16. The highest BCUT2D eigenvalue weighted by molar-refractivity contribution is 6.27. The Balaban J connectivity index is 4.08. The lowest BCUT2D eigenvalue weighted by atomic mass is 10.3. The van der Waals surface area contributed by atoms with Crippen LogP contribution in [0.1, 0.15) is 6.92 Å². The monoisotopic (exact) mass is 223 g/mol. The summed E-state index contributed by atoms with van der Waals surface area (Å²) in [5, 5.41) is 0. The number of rotatable bonds is 8. The molecular weight excluding hydrogens is 202 g/mol. The van der Waals surface area contributed by atoms with E-state index in [0.29, 0.717) is 0 Å². The Labute approximate surface area is 87.8 Å². The molecule has 0 saturated heterocycles. The first kappa shape index (κ1) is 14.0. The zero-order valence-electron chi connectivity index (χ0n) is 9.41. The van der Waals surface area contributed by atoms with Crippen LogP contribution in [0.3, 0.4) is 0 Å². The Bertz CT molecular complexity index is 143. The van der Waals surface area contributed by atoms with Crippen LogP contribution in [0.4, 0.5) is 0 Å². The van der Waals surface area contributed by atoms with Crippen molar-refractivity contribution in [1.29, 1.82) is 0 Å². The van der Waals surface area contributed by atoms with Gasteiger partial charge in [-0.2, -0.15) is 0 Å². The zero-order valence-corrected chi connectivity index (χ0v) is 10.8. The summed E-state index contributed by atoms with van der Waals surface area (Å²) in [5.41, 5.74) is 5.83. The molecule has 1 atom stereocenters. The van der Waals surface area contributed by atoms with Gasteiger partial charge in [0.05, 0.1) is 0 Å². The van der Waals surface area contributed by atoms with E-state index in [4.69, 9.17) is 24.4 Å². The minimum Gasteiger partial charge on any atom is -0.424 e. The fraction of sp³-hybridized carbons (Fsp3) is 1.00. The van der Waals surface area contributed by atoms with E-state index in [9.17, 15) is 0 Å². The SMILES string of the molecule is CCO[SiH2]CC(OC)C(N)(OC)OC. The second kappa shape index (κ2) is 7.33. The lowest BCUT2D eigenvalue weighted by Gasteiger charge is -2.33. The lowest BCUT2D eigenvalue weighted by molar-refractivity contribution is -0.256. The van der Waals surface area contributed by atoms with Crippen LogP contribution in [0.5, 0.6) is 0 Å². The maximum atomic E-state index is 5.83. The highest BCUT2D eigenvalue weighted by Crippen LogP contribution is 2.15. The summed E-state index contributed by atoms with van der Waals surface area (Å²) < 4.78 is 20.7. The van der Waals surface area contributed by atoms with Gasteiger partial charge in [0.15, 0.2) is 9.76 Å². The largest absolute Gasteiger partial charge is 0.424 e. The van der Waals surface area contributed by atoms with Crippen molar-refractivity contribution in [2.75, 3.05) is 27.9 Å². The molecular formula is C8H21NO4Si. The zero-order chi connectivity index (χ0) is 11.0. The molecule has 0 aromatic rings. The first-order valence-electron chi connectivity index (χ1n) is 4.64. The predicted octanol–water partition coefficient (Wildman–Crippen LogP) is -0.555. The van der Waals surface area contributed by atoms with Crippen LogP contribution in [-0.2, 0) is 18.6 Å². The second-order valence-electron chi connectivity index (χ2n) is 2.84. The molecule has 0 saturated carbocycles. The van der Waals surface area contributed by atoms with E-state index in [2.05, 4.69) is 0 Å². The van der Waals surface area contributed by atoms with Gasteiger partial charge in [0, 0.05) is 27.9 Å². The second-order valence-corrected chi connectivity index (χ2v) is 4.23. The van der Waals surface area contributed by atoms with E-state index in [1.54, 1.807) is 7.11 Å². The molecule has 0 aromatic carbocycles. The minimum absolute atomic E-state index is 0.282. The molecule has 14 heavy (non-hydrogen) atoms. The van der Waals surface area contributed by atoms with E-state index in [1.807, 2.05) is 6.92 Å². The van der Waals surface area contributed by atoms with Gasteiger partial charge in [0.25, 0.3) is 5.91 Å². The molecule has 0 bridgehead atoms. The average molecular weight is 223 g/mol. The van der Waals surface area contributed by atoms with Crippen LogP contribution in [0, 0.1) is 0 Å². The summed E-state index contributed by atoms with van der Waals surface area (Å²) in [7, 11) is 3.97. The smallest absolute Gasteiger partial charge is 0.251 e. The number of nitrogens with two attached hydrogens (primary N) is 1. The molecule has 0 fully saturated rings. The van der Waals surface area contributed by atoms with Gasteiger partial charge in [-0.25, -0.2) is 0 Å². The highest BCUT2D eigenvalue weighted by Gasteiger charge is 2.35. The van der Waals surface area contributed by atoms with Crippen molar-refractivity contribution in [3.05, 3.63) is 0 Å². The summed E-state index contributed by atoms with van der Waals surface area (Å²) in [6.45, 7) is 2.71. The number of methoxy groups -OCH3 is 3. The minimum atomic E-state index is -1.17. The van der Waals surface area contributed by atoms with Gasteiger partial charge in [-0.05, 0) is 13.0 Å². The third kappa shape index (κ3) is 4.03. The van der Waals surface area contributed by atoms with Gasteiger partial charge in [0.2, 0.25) is 0 Å². The molecule has 0 rings (SSSR count). The molecule has 1 unspecified atom stereocenters. The third-order valence-electron chi connectivity index (χ3n) is 2.10. The summed E-state index contributed by atoms with van der Waals surface area (Å²) >= 11 is 0. The summed E-state index contributed by atoms with van der Waals surface area (Å²) in [4.78, 5) is 0. The van der Waals surface area contributed by atoms with Crippen LogP contribution in [0.25, 0.3) is 0 Å². The normalized spacial score (nSPS) is 15.2. The fourth-order valence-corrected chi connectivity index (χ4v) is 2.47. The van der Waals surface area contributed by atoms with Crippen LogP contribution in [0.2, 0.25) is 6.04 Å². The molecule has 0 spiro atoms. The van der Waals surface area contributed by atoms with Gasteiger partial charge < -0.3 is 18.6 Å². The molecule has 0 amide bonds. The topological polar surface area (TPSA) is 62.9 Å². The average Bonchev–Trinajstić information content (AvgIpc) is 2.23. The van der Waals surface area contributed by atoms with E-state index >= 15 is 0 Å². The number of hydrogen-bond acceptors (Lipinski definition) is 5. The van der Waals surface area contributed by atoms with Crippen LogP contribution in [0.15, 0.2) is 0 Å². The first-order valence-corrected chi connectivity index (χ1v) is 6.22. The van der Waals surface area contributed by atoms with Gasteiger partial charge >= 0.3 is 0 Å². The van der Waals surface area contributed by atoms with E-state index in [-0.39, 0.29) is 6.10 Å². The summed E-state index contributed by atoms with van der Waals surface area (Å²) in [6, 6.07) is 0.766. The Morgan fingerprint density at radius 1 is 1.29 bits per heavy atom. The van der Waals surface area contributed by atoms with Gasteiger partial charge in [0.1, 0.15) is 6.10 Å². The Morgan fingerprint density at radius 2 is 1.86 bits per heavy atom. The maximum absolute atomic E-state index is 5.83. The van der Waals surface area contributed by atoms with Crippen LogP contribution >= 0.6 is 0 Å². The summed E-state index contributed by atoms with van der Waals surface area (Å²) in [6.07, 6.45) is -0.282. The molecule has 0 aliphatic rings. The van der Waals surface area contributed by atoms with Gasteiger partial charge in [-0.3, -0.25) is 5.73 Å². The predicted molar refractivity (Wildman–Crippen MR) is 56.7 cm³/mol. The number of ether oxygens (including phenoxy) is 3. The first-order chi connectivity index (χ1) is 6.64. The maximum Gasteiger partial charge on any atom is 0.251 e. The van der Waals surface area contributed by atoms with Gasteiger partial charge in [-0.1, -0.05) is 0 Å². The van der Waals surface area contributed by atoms with E-state index in [1.165, 1.54) is 14.2 Å². The molecule has 0 aromatic heterocycles. The molecule has 0 radical (unpaired) electrons. The molecule has 5 nitrogen and oxygen atoms in total. The third-order valence-corrected chi connectivity index (χ3v) is 3.56. The van der Waals surface area contributed by atoms with Crippen molar-refractivity contribution in [3.63, 3.8) is 0 Å². The molecule has 86 valence electrons. The van der Waals surface area contributed by atoms with Crippen molar-refractivity contribution in [2.24, 2.45) is 5.73 Å². The van der Waals surface area contributed by atoms with Crippen LogP contribution in [-0.4, -0.2) is 49.7 Å². The molecule has 0 aliphatic carbocycles. The molecule has 6 heteroatoms. The molecule has 2 N–H and O–H groups in total. The van der Waals surface area contributed by atoms with Crippen molar-refractivity contribution in [3.8, 4) is 0 Å². The van der Waals surface area contributed by atoms with Crippen molar-refractivity contribution in [1.82, 2.24) is 0 Å². The highest BCUT2D eigenvalue weighted by atomic mass is 28.2. The van der Waals surface area contributed by atoms with Gasteiger partial charge in [-0.15, -0.1) is 0 Å². The Kier molecular flexibility index (Phi) is 7.34. The molecule has 0 heterocycles. The standard InChI is InChI=1S/C8H21NO4Si/c1-5-13-14-6-7(10-2)8(9,11-3)12-4/h7H,5-6,9,14H2,1-4H3. The Hall–Kier alpha value is 0.0169. The van der Waals surface area contributed by atoms with E-state index < -0.39 is 15.7 Å². The van der Waals surface area contributed by atoms with Crippen molar-refractivity contribution in [2.45, 2.75) is 25.0 Å². The van der Waals surface area contributed by atoms with E-state index in [0.717, 1.165) is 12.7 Å². The number of hydrogen-bond donors (Lipinski definition) is 1. The van der Waals surface area contributed by atoms with Crippen molar-refractivity contribution >= 4 is 9.76 Å².